The van der Waals surface area contributed by atoms with E-state index in [1.165, 1.54) is 11.1 Å². The normalized spacial score (nSPS) is 21.0. The summed E-state index contributed by atoms with van der Waals surface area (Å²) < 4.78 is 2.29. The predicted molar refractivity (Wildman–Crippen MR) is 86.1 cm³/mol. The minimum atomic E-state index is -0.188. The van der Waals surface area contributed by atoms with Gasteiger partial charge in [-0.25, -0.2) is 4.98 Å². The number of allylic oxidation sites excluding steroid dienone is 4. The maximum absolute atomic E-state index is 4.57. The Morgan fingerprint density at radius 1 is 0.905 bits per heavy atom. The number of imidazole rings is 1. The fraction of sp³-hybridized carbons (Fsp3) is 0.105. The first-order valence-corrected chi connectivity index (χ1v) is 7.23. The maximum atomic E-state index is 4.57. The van der Waals surface area contributed by atoms with Crippen LogP contribution in [-0.4, -0.2) is 9.55 Å². The van der Waals surface area contributed by atoms with Gasteiger partial charge in [0.15, 0.2) is 0 Å². The molecule has 2 aromatic carbocycles. The van der Waals surface area contributed by atoms with E-state index in [2.05, 4.69) is 82.4 Å². The Morgan fingerprint density at radius 3 is 2.52 bits per heavy atom. The van der Waals surface area contributed by atoms with Crippen molar-refractivity contribution in [2.45, 2.75) is 12.0 Å². The molecule has 2 nitrogen and oxygen atoms in total. The summed E-state index contributed by atoms with van der Waals surface area (Å²) in [6, 6.07) is 19.0. The summed E-state index contributed by atoms with van der Waals surface area (Å²) in [5, 5.41) is 0. The molecule has 1 aliphatic carbocycles. The van der Waals surface area contributed by atoms with Gasteiger partial charge in [0.05, 0.1) is 22.9 Å². The zero-order chi connectivity index (χ0) is 14.1. The largest absolute Gasteiger partial charge is 0.316 e. The van der Waals surface area contributed by atoms with Gasteiger partial charge in [0.1, 0.15) is 0 Å². The van der Waals surface area contributed by atoms with E-state index < -0.39 is 0 Å². The molecule has 0 amide bonds. The Balaban J connectivity index is 2.00. The van der Waals surface area contributed by atoms with Crippen LogP contribution in [0.2, 0.25) is 0 Å². The molecule has 3 aromatic rings. The van der Waals surface area contributed by atoms with Crippen molar-refractivity contribution in [1.29, 1.82) is 0 Å². The third-order valence-corrected chi connectivity index (χ3v) is 4.21. The van der Waals surface area contributed by atoms with Crippen molar-refractivity contribution < 1.29 is 0 Å². The third-order valence-electron chi connectivity index (χ3n) is 4.21. The molecular formula is C19H16N2. The average molecular weight is 272 g/mol. The van der Waals surface area contributed by atoms with Crippen molar-refractivity contribution in [2.24, 2.45) is 0 Å². The number of hydrogen-bond donors (Lipinski definition) is 0. The minimum absolute atomic E-state index is 0.188. The molecule has 0 saturated heterocycles. The number of aromatic nitrogens is 2. The molecule has 0 radical (unpaired) electrons. The van der Waals surface area contributed by atoms with Gasteiger partial charge in [-0.15, -0.1) is 0 Å². The van der Waals surface area contributed by atoms with Crippen molar-refractivity contribution in [3.05, 3.63) is 90.8 Å². The molecule has 1 atom stereocenters. The van der Waals surface area contributed by atoms with Gasteiger partial charge in [-0.3, -0.25) is 0 Å². The molecule has 21 heavy (non-hydrogen) atoms. The van der Waals surface area contributed by atoms with E-state index in [0.29, 0.717) is 0 Å². The molecule has 0 bridgehead atoms. The molecule has 0 spiro atoms. The lowest BCUT2D eigenvalue weighted by Crippen LogP contribution is -2.32. The molecule has 1 aromatic heterocycles. The Labute approximate surface area is 124 Å². The highest BCUT2D eigenvalue weighted by Crippen LogP contribution is 2.36. The van der Waals surface area contributed by atoms with Crippen molar-refractivity contribution in [3.8, 4) is 0 Å². The highest BCUT2D eigenvalue weighted by atomic mass is 15.1. The number of hydrogen-bond acceptors (Lipinski definition) is 1. The highest BCUT2D eigenvalue weighted by Gasteiger charge is 2.32. The highest BCUT2D eigenvalue weighted by molar-refractivity contribution is 5.76. The number of benzene rings is 2. The molecule has 2 heteroatoms. The Morgan fingerprint density at radius 2 is 1.71 bits per heavy atom. The van der Waals surface area contributed by atoms with Crippen LogP contribution in [0.15, 0.2) is 85.2 Å². The molecule has 0 aliphatic heterocycles. The van der Waals surface area contributed by atoms with Crippen LogP contribution in [0.3, 0.4) is 0 Å². The first kappa shape index (κ1) is 12.2. The second kappa shape index (κ2) is 4.74. The smallest absolute Gasteiger partial charge is 0.0969 e. The summed E-state index contributed by atoms with van der Waals surface area (Å²) >= 11 is 0. The van der Waals surface area contributed by atoms with Crippen LogP contribution >= 0.6 is 0 Å². The Bertz CT molecular complexity index is 827. The van der Waals surface area contributed by atoms with Gasteiger partial charge in [-0.1, -0.05) is 66.8 Å². The van der Waals surface area contributed by atoms with Crippen LogP contribution in [0.25, 0.3) is 11.0 Å². The number of nitrogens with zero attached hydrogens (tertiary/aromatic N) is 2. The van der Waals surface area contributed by atoms with Gasteiger partial charge in [-0.2, -0.15) is 0 Å². The molecule has 0 saturated carbocycles. The molecule has 102 valence electrons. The van der Waals surface area contributed by atoms with Crippen LogP contribution in [0, 0.1) is 0 Å². The maximum Gasteiger partial charge on any atom is 0.0969 e. The van der Waals surface area contributed by atoms with Crippen molar-refractivity contribution in [1.82, 2.24) is 9.55 Å². The van der Waals surface area contributed by atoms with Gasteiger partial charge in [-0.05, 0) is 24.1 Å². The Hall–Kier alpha value is -2.61. The van der Waals surface area contributed by atoms with Gasteiger partial charge in [0.2, 0.25) is 0 Å². The molecule has 0 fully saturated rings. The monoisotopic (exact) mass is 272 g/mol. The first-order chi connectivity index (χ1) is 10.4. The SMILES string of the molecule is C1=CCC(c2ccccc2)(n2cnc3ccccc32)C=C1. The van der Waals surface area contributed by atoms with E-state index >= 15 is 0 Å². The zero-order valence-electron chi connectivity index (χ0n) is 11.7. The van der Waals surface area contributed by atoms with Crippen LogP contribution in [0.4, 0.5) is 0 Å². The lowest BCUT2D eigenvalue weighted by Gasteiger charge is -2.34. The molecule has 0 N–H and O–H groups in total. The molecule has 4 rings (SSSR count). The van der Waals surface area contributed by atoms with Crippen molar-refractivity contribution in [2.75, 3.05) is 0 Å². The third kappa shape index (κ3) is 1.83. The Kier molecular flexibility index (Phi) is 2.74. The number of fused-ring (bicyclic) bond motifs is 1. The zero-order valence-corrected chi connectivity index (χ0v) is 11.7. The fourth-order valence-electron chi connectivity index (χ4n) is 3.14. The van der Waals surface area contributed by atoms with Crippen LogP contribution in [0.5, 0.6) is 0 Å². The second-order valence-corrected chi connectivity index (χ2v) is 5.38. The second-order valence-electron chi connectivity index (χ2n) is 5.38. The topological polar surface area (TPSA) is 17.8 Å². The van der Waals surface area contributed by atoms with Crippen molar-refractivity contribution in [3.63, 3.8) is 0 Å². The number of para-hydroxylation sites is 2. The summed E-state index contributed by atoms with van der Waals surface area (Å²) in [6.07, 6.45) is 11.6. The van der Waals surface area contributed by atoms with Crippen LogP contribution in [-0.2, 0) is 5.54 Å². The lowest BCUT2D eigenvalue weighted by molar-refractivity contribution is 0.461. The van der Waals surface area contributed by atoms with Gasteiger partial charge < -0.3 is 4.57 Å². The predicted octanol–water partition coefficient (Wildman–Crippen LogP) is 4.30. The van der Waals surface area contributed by atoms with E-state index in [4.69, 9.17) is 0 Å². The standard InChI is InChI=1S/C19H16N2/c1-3-9-16(10-4-1)19(13-7-2-8-14-19)21-15-20-17-11-5-6-12-18(17)21/h1-13,15H,14H2. The summed E-state index contributed by atoms with van der Waals surface area (Å²) in [7, 11) is 0. The van der Waals surface area contributed by atoms with Gasteiger partial charge in [0.25, 0.3) is 0 Å². The molecular weight excluding hydrogens is 256 g/mol. The molecule has 1 aliphatic rings. The van der Waals surface area contributed by atoms with E-state index in [0.717, 1.165) is 11.9 Å². The average Bonchev–Trinajstić information content (AvgIpc) is 3.01. The van der Waals surface area contributed by atoms with E-state index in [1.807, 2.05) is 12.4 Å². The number of rotatable bonds is 2. The van der Waals surface area contributed by atoms with E-state index in [-0.39, 0.29) is 5.54 Å². The summed E-state index contributed by atoms with van der Waals surface area (Å²) in [6.45, 7) is 0. The quantitative estimate of drug-likeness (QED) is 0.680. The van der Waals surface area contributed by atoms with Gasteiger partial charge >= 0.3 is 0 Å². The molecule has 1 heterocycles. The lowest BCUT2D eigenvalue weighted by atomic mass is 9.83. The van der Waals surface area contributed by atoms with Gasteiger partial charge in [0, 0.05) is 0 Å². The van der Waals surface area contributed by atoms with Crippen LogP contribution in [0.1, 0.15) is 12.0 Å². The summed E-state index contributed by atoms with van der Waals surface area (Å²) in [4.78, 5) is 4.57. The van der Waals surface area contributed by atoms with Crippen molar-refractivity contribution >= 4 is 11.0 Å². The molecule has 1 unspecified atom stereocenters. The minimum Gasteiger partial charge on any atom is -0.316 e. The summed E-state index contributed by atoms with van der Waals surface area (Å²) in [5.74, 6) is 0. The van der Waals surface area contributed by atoms with E-state index in [9.17, 15) is 0 Å². The fourth-order valence-corrected chi connectivity index (χ4v) is 3.14. The van der Waals surface area contributed by atoms with E-state index in [1.54, 1.807) is 0 Å². The first-order valence-electron chi connectivity index (χ1n) is 7.23. The van der Waals surface area contributed by atoms with Crippen LogP contribution < -0.4 is 0 Å². The summed E-state index contributed by atoms with van der Waals surface area (Å²) in [5.41, 5.74) is 3.30.